The molecule has 132 valence electrons. The van der Waals surface area contributed by atoms with Crippen molar-refractivity contribution < 1.29 is 14.3 Å². The minimum atomic E-state index is -0.320. The lowest BCUT2D eigenvalue weighted by atomic mass is 10.2. The fourth-order valence-electron chi connectivity index (χ4n) is 2.18. The van der Waals surface area contributed by atoms with Gasteiger partial charge < -0.3 is 14.8 Å². The van der Waals surface area contributed by atoms with Crippen molar-refractivity contribution >= 4 is 28.9 Å². The van der Waals surface area contributed by atoms with Crippen LogP contribution in [0.5, 0.6) is 11.5 Å². The zero-order valence-electron chi connectivity index (χ0n) is 14.4. The third kappa shape index (κ3) is 5.46. The Morgan fingerprint density at radius 1 is 1.08 bits per heavy atom. The molecule has 2 aromatic rings. The Balaban J connectivity index is 2.03. The van der Waals surface area contributed by atoms with Gasteiger partial charge in [0.15, 0.2) is 5.11 Å². The molecule has 0 saturated carbocycles. The number of carbonyl (C=O) groups is 1. The van der Waals surface area contributed by atoms with Gasteiger partial charge in [-0.15, -0.1) is 0 Å². The lowest BCUT2D eigenvalue weighted by Crippen LogP contribution is -2.34. The molecule has 5 nitrogen and oxygen atoms in total. The number of amides is 1. The van der Waals surface area contributed by atoms with E-state index in [1.54, 1.807) is 25.3 Å². The van der Waals surface area contributed by atoms with Crippen LogP contribution in [-0.4, -0.2) is 24.7 Å². The number of nitrogens with one attached hydrogen (secondary N) is 2. The number of rotatable bonds is 7. The molecule has 0 radical (unpaired) electrons. The number of anilines is 1. The van der Waals surface area contributed by atoms with Crippen LogP contribution in [0.2, 0.25) is 0 Å². The second kappa shape index (κ2) is 9.64. The van der Waals surface area contributed by atoms with E-state index in [0.29, 0.717) is 29.4 Å². The summed E-state index contributed by atoms with van der Waals surface area (Å²) in [5, 5.41) is 5.83. The summed E-state index contributed by atoms with van der Waals surface area (Å²) >= 11 is 5.23. The molecule has 2 rings (SSSR count). The number of ether oxygens (including phenoxy) is 2. The van der Waals surface area contributed by atoms with Gasteiger partial charge in [0.2, 0.25) is 0 Å². The number of unbranched alkanes of at least 4 members (excludes halogenated alkanes) is 1. The van der Waals surface area contributed by atoms with Gasteiger partial charge in [-0.1, -0.05) is 37.6 Å². The summed E-state index contributed by atoms with van der Waals surface area (Å²) in [4.78, 5) is 12.5. The topological polar surface area (TPSA) is 59.6 Å². The van der Waals surface area contributed by atoms with Crippen LogP contribution in [0.15, 0.2) is 48.5 Å². The third-order valence-electron chi connectivity index (χ3n) is 3.47. The first-order valence-corrected chi connectivity index (χ1v) is 8.53. The summed E-state index contributed by atoms with van der Waals surface area (Å²) < 4.78 is 10.9. The maximum Gasteiger partial charge on any atom is 0.261 e. The molecule has 1 amide bonds. The van der Waals surface area contributed by atoms with Gasteiger partial charge in [0, 0.05) is 0 Å². The van der Waals surface area contributed by atoms with Crippen LogP contribution in [0.4, 0.5) is 5.69 Å². The van der Waals surface area contributed by atoms with Crippen LogP contribution in [0, 0.1) is 0 Å². The van der Waals surface area contributed by atoms with E-state index in [0.717, 1.165) is 12.8 Å². The monoisotopic (exact) mass is 358 g/mol. The van der Waals surface area contributed by atoms with Crippen LogP contribution in [0.3, 0.4) is 0 Å². The molecular weight excluding hydrogens is 336 g/mol. The van der Waals surface area contributed by atoms with E-state index in [2.05, 4.69) is 17.6 Å². The summed E-state index contributed by atoms with van der Waals surface area (Å²) in [6, 6.07) is 14.5. The number of para-hydroxylation sites is 3. The van der Waals surface area contributed by atoms with Gasteiger partial charge in [0.1, 0.15) is 11.5 Å². The second-order valence-corrected chi connectivity index (χ2v) is 5.71. The molecule has 25 heavy (non-hydrogen) atoms. The molecular formula is C19H22N2O3S. The van der Waals surface area contributed by atoms with E-state index in [-0.39, 0.29) is 11.0 Å². The molecule has 0 aliphatic rings. The molecule has 0 spiro atoms. The lowest BCUT2D eigenvalue weighted by molar-refractivity contribution is 0.0973. The number of hydrogen-bond acceptors (Lipinski definition) is 4. The largest absolute Gasteiger partial charge is 0.495 e. The van der Waals surface area contributed by atoms with E-state index in [1.807, 2.05) is 30.3 Å². The van der Waals surface area contributed by atoms with Crippen molar-refractivity contribution in [3.8, 4) is 11.5 Å². The molecule has 0 aliphatic carbocycles. The Labute approximate surface area is 153 Å². The average Bonchev–Trinajstić information content (AvgIpc) is 2.62. The lowest BCUT2D eigenvalue weighted by Gasteiger charge is -2.14. The Bertz CT molecular complexity index is 734. The first kappa shape index (κ1) is 18.7. The molecule has 0 unspecified atom stereocenters. The molecule has 0 bridgehead atoms. The molecule has 0 atom stereocenters. The SMILES string of the molecule is CCCCOc1ccccc1C(=O)NC(=S)Nc1ccccc1OC. The number of carbonyl (C=O) groups excluding carboxylic acids is 1. The highest BCUT2D eigenvalue weighted by molar-refractivity contribution is 7.80. The van der Waals surface area contributed by atoms with Crippen molar-refractivity contribution in [1.82, 2.24) is 5.32 Å². The number of thiocarbonyl (C=S) groups is 1. The average molecular weight is 358 g/mol. The highest BCUT2D eigenvalue weighted by Crippen LogP contribution is 2.23. The summed E-state index contributed by atoms with van der Waals surface area (Å²) in [7, 11) is 1.58. The van der Waals surface area contributed by atoms with Gasteiger partial charge >= 0.3 is 0 Å². The first-order chi connectivity index (χ1) is 12.2. The van der Waals surface area contributed by atoms with Crippen molar-refractivity contribution in [2.45, 2.75) is 19.8 Å². The van der Waals surface area contributed by atoms with Gasteiger partial charge in [0.05, 0.1) is 25.0 Å². The second-order valence-electron chi connectivity index (χ2n) is 5.31. The van der Waals surface area contributed by atoms with Crippen molar-refractivity contribution in [2.24, 2.45) is 0 Å². The summed E-state index contributed by atoms with van der Waals surface area (Å²) in [6.07, 6.45) is 1.96. The maximum atomic E-state index is 12.5. The van der Waals surface area contributed by atoms with Crippen LogP contribution in [0.1, 0.15) is 30.1 Å². The van der Waals surface area contributed by atoms with Crippen molar-refractivity contribution in [1.29, 1.82) is 0 Å². The zero-order chi connectivity index (χ0) is 18.1. The zero-order valence-corrected chi connectivity index (χ0v) is 15.2. The number of hydrogen-bond donors (Lipinski definition) is 2. The van der Waals surface area contributed by atoms with E-state index in [1.165, 1.54) is 0 Å². The van der Waals surface area contributed by atoms with Crippen molar-refractivity contribution in [3.05, 3.63) is 54.1 Å². The predicted octanol–water partition coefficient (Wildman–Crippen LogP) is 4.00. The highest BCUT2D eigenvalue weighted by Gasteiger charge is 2.14. The van der Waals surface area contributed by atoms with Crippen LogP contribution in [-0.2, 0) is 0 Å². The number of benzene rings is 2. The van der Waals surface area contributed by atoms with Crippen LogP contribution >= 0.6 is 12.2 Å². The Hall–Kier alpha value is -2.60. The summed E-state index contributed by atoms with van der Waals surface area (Å²) in [5.41, 5.74) is 1.13. The molecule has 2 aromatic carbocycles. The fourth-order valence-corrected chi connectivity index (χ4v) is 2.38. The van der Waals surface area contributed by atoms with Crippen molar-refractivity contribution in [3.63, 3.8) is 0 Å². The standard InChI is InChI=1S/C19H22N2O3S/c1-3-4-13-24-16-11-7-5-9-14(16)18(22)21-19(25)20-15-10-6-8-12-17(15)23-2/h5-12H,3-4,13H2,1-2H3,(H2,20,21,22,25). The molecule has 0 heterocycles. The molecule has 0 aliphatic heterocycles. The Kier molecular flexibility index (Phi) is 7.22. The smallest absolute Gasteiger partial charge is 0.261 e. The Morgan fingerprint density at radius 3 is 2.48 bits per heavy atom. The molecule has 0 fully saturated rings. The quantitative estimate of drug-likeness (QED) is 0.579. The van der Waals surface area contributed by atoms with Gasteiger partial charge in [0.25, 0.3) is 5.91 Å². The molecule has 2 N–H and O–H groups in total. The van der Waals surface area contributed by atoms with Gasteiger partial charge in [-0.25, -0.2) is 0 Å². The highest BCUT2D eigenvalue weighted by atomic mass is 32.1. The third-order valence-corrected chi connectivity index (χ3v) is 3.67. The summed E-state index contributed by atoms with van der Waals surface area (Å²) in [5.74, 6) is 0.871. The normalized spacial score (nSPS) is 10.0. The molecule has 6 heteroatoms. The minimum Gasteiger partial charge on any atom is -0.495 e. The van der Waals surface area contributed by atoms with E-state index >= 15 is 0 Å². The van der Waals surface area contributed by atoms with E-state index in [9.17, 15) is 4.79 Å². The van der Waals surface area contributed by atoms with E-state index < -0.39 is 0 Å². The minimum absolute atomic E-state index is 0.192. The predicted molar refractivity (Wildman–Crippen MR) is 104 cm³/mol. The van der Waals surface area contributed by atoms with Crippen LogP contribution < -0.4 is 20.1 Å². The maximum absolute atomic E-state index is 12.5. The summed E-state index contributed by atoms with van der Waals surface area (Å²) in [6.45, 7) is 2.66. The fraction of sp³-hybridized carbons (Fsp3) is 0.263. The first-order valence-electron chi connectivity index (χ1n) is 8.13. The van der Waals surface area contributed by atoms with Gasteiger partial charge in [-0.2, -0.15) is 0 Å². The van der Waals surface area contributed by atoms with Crippen molar-refractivity contribution in [2.75, 3.05) is 19.0 Å². The Morgan fingerprint density at radius 2 is 1.76 bits per heavy atom. The van der Waals surface area contributed by atoms with E-state index in [4.69, 9.17) is 21.7 Å². The van der Waals surface area contributed by atoms with Gasteiger partial charge in [-0.3, -0.25) is 10.1 Å². The van der Waals surface area contributed by atoms with Crippen LogP contribution in [0.25, 0.3) is 0 Å². The van der Waals surface area contributed by atoms with Gasteiger partial charge in [-0.05, 0) is 42.9 Å². The number of methoxy groups -OCH3 is 1. The molecule has 0 saturated heterocycles. The molecule has 0 aromatic heterocycles.